The maximum Gasteiger partial charge on any atom is 0.260 e. The Labute approximate surface area is 122 Å². The number of aromatic nitrogens is 2. The van der Waals surface area contributed by atoms with Crippen molar-refractivity contribution < 1.29 is 16.8 Å². The maximum atomic E-state index is 12.2. The zero-order valence-corrected chi connectivity index (χ0v) is 12.8. The standard InChI is InChI=1S/C10H15N5O4S2/c1-12-20(16,17)7-5-13-21(18,19)10-9(11)14-8-4-2-3-6-15(8)10/h2-4,6,12-13H,5,7,11H2,1H3. The van der Waals surface area contributed by atoms with Crippen molar-refractivity contribution in [2.75, 3.05) is 25.1 Å². The molecule has 0 aliphatic carbocycles. The van der Waals surface area contributed by atoms with E-state index in [1.807, 2.05) is 0 Å². The molecule has 0 amide bonds. The van der Waals surface area contributed by atoms with E-state index < -0.39 is 20.0 Å². The van der Waals surface area contributed by atoms with Gasteiger partial charge in [-0.15, -0.1) is 0 Å². The number of fused-ring (bicyclic) bond motifs is 1. The normalized spacial score (nSPS) is 12.8. The summed E-state index contributed by atoms with van der Waals surface area (Å²) in [5.41, 5.74) is 6.03. The topological polar surface area (TPSA) is 136 Å². The fourth-order valence-electron chi connectivity index (χ4n) is 1.74. The number of nitrogens with two attached hydrogens (primary N) is 1. The summed E-state index contributed by atoms with van der Waals surface area (Å²) in [7, 11) is -6.21. The predicted molar refractivity (Wildman–Crippen MR) is 77.6 cm³/mol. The Bertz CT molecular complexity index is 857. The van der Waals surface area contributed by atoms with Crippen molar-refractivity contribution >= 4 is 31.5 Å². The number of pyridine rings is 1. The molecule has 0 aliphatic rings. The lowest BCUT2D eigenvalue weighted by Crippen LogP contribution is -2.33. The monoisotopic (exact) mass is 333 g/mol. The molecule has 0 fully saturated rings. The van der Waals surface area contributed by atoms with E-state index in [9.17, 15) is 16.8 Å². The highest BCUT2D eigenvalue weighted by atomic mass is 32.2. The summed E-state index contributed by atoms with van der Waals surface area (Å²) in [6.07, 6.45) is 1.51. The molecule has 0 atom stereocenters. The molecule has 21 heavy (non-hydrogen) atoms. The van der Waals surface area contributed by atoms with Gasteiger partial charge in [0.05, 0.1) is 5.75 Å². The van der Waals surface area contributed by atoms with Crippen LogP contribution in [-0.2, 0) is 20.0 Å². The van der Waals surface area contributed by atoms with Crippen LogP contribution in [0.3, 0.4) is 0 Å². The molecule has 2 rings (SSSR count). The number of nitrogens with one attached hydrogen (secondary N) is 2. The third-order valence-electron chi connectivity index (χ3n) is 2.74. The summed E-state index contributed by atoms with van der Waals surface area (Å²) in [5.74, 6) is -0.524. The predicted octanol–water partition coefficient (Wildman–Crippen LogP) is -1.26. The number of nitrogens with zero attached hydrogens (tertiary/aromatic N) is 2. The van der Waals surface area contributed by atoms with Gasteiger partial charge in [-0.3, -0.25) is 4.40 Å². The minimum absolute atomic E-state index is 0.148. The first-order valence-corrected chi connectivity index (χ1v) is 9.04. The second-order valence-electron chi connectivity index (χ2n) is 4.15. The highest BCUT2D eigenvalue weighted by Crippen LogP contribution is 2.19. The summed E-state index contributed by atoms with van der Waals surface area (Å²) in [5, 5.41) is -0.208. The Morgan fingerprint density at radius 1 is 1.29 bits per heavy atom. The van der Waals surface area contributed by atoms with E-state index in [1.54, 1.807) is 18.2 Å². The van der Waals surface area contributed by atoms with Gasteiger partial charge < -0.3 is 5.73 Å². The fourth-order valence-corrected chi connectivity index (χ4v) is 3.69. The van der Waals surface area contributed by atoms with E-state index in [1.165, 1.54) is 17.6 Å². The molecule has 0 saturated heterocycles. The lowest BCUT2D eigenvalue weighted by atomic mass is 10.5. The number of imidazole rings is 1. The van der Waals surface area contributed by atoms with Crippen LogP contribution >= 0.6 is 0 Å². The smallest absolute Gasteiger partial charge is 0.260 e. The van der Waals surface area contributed by atoms with Crippen molar-refractivity contribution in [2.24, 2.45) is 0 Å². The van der Waals surface area contributed by atoms with Gasteiger partial charge in [-0.2, -0.15) is 0 Å². The molecular weight excluding hydrogens is 318 g/mol. The van der Waals surface area contributed by atoms with E-state index in [0.717, 1.165) is 0 Å². The minimum Gasteiger partial charge on any atom is -0.381 e. The first-order valence-electron chi connectivity index (χ1n) is 5.90. The first kappa shape index (κ1) is 15.7. The van der Waals surface area contributed by atoms with E-state index in [-0.39, 0.29) is 23.1 Å². The van der Waals surface area contributed by atoms with E-state index in [0.29, 0.717) is 5.65 Å². The van der Waals surface area contributed by atoms with E-state index in [4.69, 9.17) is 5.73 Å². The van der Waals surface area contributed by atoms with Crippen molar-refractivity contribution in [1.29, 1.82) is 0 Å². The van der Waals surface area contributed by atoms with Gasteiger partial charge in [-0.25, -0.2) is 31.3 Å². The van der Waals surface area contributed by atoms with Crippen LogP contribution in [0.2, 0.25) is 0 Å². The number of sulfonamides is 2. The number of rotatable bonds is 6. The Kier molecular flexibility index (Phi) is 4.18. The Balaban J connectivity index is 2.28. The molecule has 11 heteroatoms. The second-order valence-corrected chi connectivity index (χ2v) is 7.88. The molecule has 0 unspecified atom stereocenters. The average molecular weight is 333 g/mol. The van der Waals surface area contributed by atoms with Gasteiger partial charge in [-0.05, 0) is 19.2 Å². The molecule has 0 bridgehead atoms. The number of hydrogen-bond acceptors (Lipinski definition) is 6. The molecule has 0 radical (unpaired) electrons. The van der Waals surface area contributed by atoms with Gasteiger partial charge in [0, 0.05) is 12.7 Å². The highest BCUT2D eigenvalue weighted by Gasteiger charge is 2.24. The van der Waals surface area contributed by atoms with Gasteiger partial charge in [-0.1, -0.05) is 6.07 Å². The van der Waals surface area contributed by atoms with Crippen molar-refractivity contribution in [1.82, 2.24) is 18.8 Å². The van der Waals surface area contributed by atoms with Crippen LogP contribution in [-0.4, -0.2) is 45.6 Å². The molecule has 0 saturated carbocycles. The second kappa shape index (κ2) is 5.60. The van der Waals surface area contributed by atoms with Gasteiger partial charge in [0.15, 0.2) is 10.8 Å². The number of hydrogen-bond donors (Lipinski definition) is 3. The third-order valence-corrected chi connectivity index (χ3v) is 5.60. The minimum atomic E-state index is -3.97. The van der Waals surface area contributed by atoms with Gasteiger partial charge in [0.1, 0.15) is 5.65 Å². The summed E-state index contributed by atoms with van der Waals surface area (Å²) in [4.78, 5) is 3.94. The summed E-state index contributed by atoms with van der Waals surface area (Å²) >= 11 is 0. The number of nitrogen functional groups attached to an aromatic ring is 1. The summed E-state index contributed by atoms with van der Waals surface area (Å²) < 4.78 is 52.6. The molecule has 2 aromatic heterocycles. The lowest BCUT2D eigenvalue weighted by Gasteiger charge is -2.07. The maximum absolute atomic E-state index is 12.2. The van der Waals surface area contributed by atoms with Crippen LogP contribution in [0.4, 0.5) is 5.82 Å². The molecule has 2 aromatic rings. The molecule has 2 heterocycles. The molecule has 0 aromatic carbocycles. The lowest BCUT2D eigenvalue weighted by molar-refractivity contribution is 0.575. The van der Waals surface area contributed by atoms with Crippen LogP contribution in [0.5, 0.6) is 0 Å². The molecule has 9 nitrogen and oxygen atoms in total. The zero-order valence-electron chi connectivity index (χ0n) is 11.1. The number of anilines is 1. The van der Waals surface area contributed by atoms with Crippen molar-refractivity contribution in [3.05, 3.63) is 24.4 Å². The first-order chi connectivity index (χ1) is 9.77. The van der Waals surface area contributed by atoms with Crippen LogP contribution in [0, 0.1) is 0 Å². The molecule has 4 N–H and O–H groups in total. The zero-order chi connectivity index (χ0) is 15.7. The van der Waals surface area contributed by atoms with Crippen molar-refractivity contribution in [2.45, 2.75) is 5.03 Å². The molecule has 116 valence electrons. The molecule has 0 spiro atoms. The van der Waals surface area contributed by atoms with Crippen molar-refractivity contribution in [3.8, 4) is 0 Å². The Morgan fingerprint density at radius 2 is 2.00 bits per heavy atom. The highest BCUT2D eigenvalue weighted by molar-refractivity contribution is 7.90. The Morgan fingerprint density at radius 3 is 2.67 bits per heavy atom. The fraction of sp³-hybridized carbons (Fsp3) is 0.300. The van der Waals surface area contributed by atoms with E-state index >= 15 is 0 Å². The average Bonchev–Trinajstić information content (AvgIpc) is 2.74. The van der Waals surface area contributed by atoms with Gasteiger partial charge >= 0.3 is 0 Å². The Hall–Kier alpha value is -1.69. The van der Waals surface area contributed by atoms with Crippen LogP contribution < -0.4 is 15.2 Å². The SMILES string of the molecule is CNS(=O)(=O)CCNS(=O)(=O)c1c(N)nc2ccccn12. The third kappa shape index (κ3) is 3.32. The van der Waals surface area contributed by atoms with Gasteiger partial charge in [0.2, 0.25) is 10.0 Å². The quantitative estimate of drug-likeness (QED) is 0.604. The van der Waals surface area contributed by atoms with Crippen LogP contribution in [0.1, 0.15) is 0 Å². The van der Waals surface area contributed by atoms with E-state index in [2.05, 4.69) is 14.4 Å². The van der Waals surface area contributed by atoms with Crippen LogP contribution in [0.25, 0.3) is 5.65 Å². The van der Waals surface area contributed by atoms with Crippen molar-refractivity contribution in [3.63, 3.8) is 0 Å². The van der Waals surface area contributed by atoms with Crippen LogP contribution in [0.15, 0.2) is 29.4 Å². The molecular formula is C10H15N5O4S2. The largest absolute Gasteiger partial charge is 0.381 e. The summed E-state index contributed by atoms with van der Waals surface area (Å²) in [6, 6.07) is 4.95. The summed E-state index contributed by atoms with van der Waals surface area (Å²) in [6.45, 7) is -0.273. The van der Waals surface area contributed by atoms with Gasteiger partial charge in [0.25, 0.3) is 10.0 Å². The molecule has 0 aliphatic heterocycles.